The average molecular weight is 392 g/mol. The van der Waals surface area contributed by atoms with Gasteiger partial charge in [-0.1, -0.05) is 28.1 Å². The van der Waals surface area contributed by atoms with Gasteiger partial charge < -0.3 is 14.8 Å². The third-order valence-electron chi connectivity index (χ3n) is 3.47. The monoisotopic (exact) mass is 391 g/mol. The van der Waals surface area contributed by atoms with E-state index < -0.39 is 0 Å². The topological polar surface area (TPSA) is 47.6 Å². The minimum atomic E-state index is -0.384. The second kappa shape index (κ2) is 7.49. The molecule has 124 valence electrons. The van der Waals surface area contributed by atoms with Gasteiger partial charge in [-0.2, -0.15) is 0 Å². The van der Waals surface area contributed by atoms with Gasteiger partial charge >= 0.3 is 0 Å². The van der Waals surface area contributed by atoms with Crippen molar-refractivity contribution >= 4 is 27.9 Å². The van der Waals surface area contributed by atoms with Crippen LogP contribution < -0.4 is 14.8 Å². The molecule has 2 aromatic carbocycles. The number of rotatable bonds is 4. The van der Waals surface area contributed by atoms with Crippen molar-refractivity contribution in [2.75, 3.05) is 13.2 Å². The zero-order chi connectivity index (χ0) is 16.9. The van der Waals surface area contributed by atoms with Crippen LogP contribution in [0.5, 0.6) is 11.5 Å². The van der Waals surface area contributed by atoms with Gasteiger partial charge in [0.2, 0.25) is 5.91 Å². The van der Waals surface area contributed by atoms with E-state index in [0.717, 1.165) is 10.0 Å². The van der Waals surface area contributed by atoms with Crippen molar-refractivity contribution < 1.29 is 18.7 Å². The van der Waals surface area contributed by atoms with Gasteiger partial charge in [-0.3, -0.25) is 4.79 Å². The van der Waals surface area contributed by atoms with Crippen molar-refractivity contribution in [3.63, 3.8) is 0 Å². The predicted molar refractivity (Wildman–Crippen MR) is 92.4 cm³/mol. The smallest absolute Gasteiger partial charge is 0.244 e. The van der Waals surface area contributed by atoms with Crippen LogP contribution in [0.25, 0.3) is 6.08 Å². The van der Waals surface area contributed by atoms with Crippen LogP contribution in [0.4, 0.5) is 4.39 Å². The minimum Gasteiger partial charge on any atom is -0.486 e. The number of hydrogen-bond donors (Lipinski definition) is 1. The molecule has 4 nitrogen and oxygen atoms in total. The molecule has 0 radical (unpaired) electrons. The van der Waals surface area contributed by atoms with E-state index in [0.29, 0.717) is 36.8 Å². The predicted octanol–water partition coefficient (Wildman–Crippen LogP) is 3.69. The lowest BCUT2D eigenvalue weighted by Gasteiger charge is -2.20. The highest BCUT2D eigenvalue weighted by Crippen LogP contribution is 2.33. The number of carbonyl (C=O) groups excluding carboxylic acids is 1. The first-order chi connectivity index (χ1) is 11.6. The summed E-state index contributed by atoms with van der Waals surface area (Å²) in [7, 11) is 0. The largest absolute Gasteiger partial charge is 0.486 e. The Labute approximate surface area is 147 Å². The molecule has 0 aliphatic carbocycles. The summed E-state index contributed by atoms with van der Waals surface area (Å²) in [4.78, 5) is 11.9. The summed E-state index contributed by atoms with van der Waals surface area (Å²) in [5, 5.41) is 2.76. The Balaban J connectivity index is 1.64. The SMILES string of the molecule is O=C(/C=C/c1cc(Br)ccc1F)NCc1cccc2c1OCCO2. The van der Waals surface area contributed by atoms with Crippen LogP contribution in [0, 0.1) is 5.82 Å². The number of benzene rings is 2. The molecule has 0 fully saturated rings. The summed E-state index contributed by atoms with van der Waals surface area (Å²) in [6, 6.07) is 10.1. The molecule has 3 rings (SSSR count). The Hall–Kier alpha value is -2.34. The van der Waals surface area contributed by atoms with Gasteiger partial charge in [0, 0.05) is 28.2 Å². The van der Waals surface area contributed by atoms with Gasteiger partial charge in [0.05, 0.1) is 0 Å². The maximum atomic E-state index is 13.6. The Morgan fingerprint density at radius 3 is 2.96 bits per heavy atom. The molecule has 0 saturated carbocycles. The number of amides is 1. The van der Waals surface area contributed by atoms with Gasteiger partial charge in [-0.25, -0.2) is 4.39 Å². The lowest BCUT2D eigenvalue weighted by atomic mass is 10.1. The molecule has 1 aliphatic rings. The summed E-state index contributed by atoms with van der Waals surface area (Å²) < 4.78 is 25.5. The van der Waals surface area contributed by atoms with Crippen LogP contribution in [0.1, 0.15) is 11.1 Å². The normalized spacial score (nSPS) is 13.1. The van der Waals surface area contributed by atoms with E-state index in [9.17, 15) is 9.18 Å². The second-order valence-electron chi connectivity index (χ2n) is 5.16. The molecule has 1 aliphatic heterocycles. The van der Waals surface area contributed by atoms with Crippen LogP contribution >= 0.6 is 15.9 Å². The molecule has 2 aromatic rings. The van der Waals surface area contributed by atoms with Gasteiger partial charge in [-0.15, -0.1) is 0 Å². The van der Waals surface area contributed by atoms with Crippen molar-refractivity contribution in [1.29, 1.82) is 0 Å². The van der Waals surface area contributed by atoms with Gasteiger partial charge in [0.1, 0.15) is 19.0 Å². The molecular formula is C18H15BrFNO3. The fraction of sp³-hybridized carbons (Fsp3) is 0.167. The van der Waals surface area contributed by atoms with Crippen molar-refractivity contribution in [2.45, 2.75) is 6.54 Å². The van der Waals surface area contributed by atoms with E-state index in [1.54, 1.807) is 12.1 Å². The first-order valence-electron chi connectivity index (χ1n) is 7.42. The molecule has 0 saturated heterocycles. The molecule has 6 heteroatoms. The molecule has 1 amide bonds. The maximum Gasteiger partial charge on any atom is 0.244 e. The van der Waals surface area contributed by atoms with Crippen molar-refractivity contribution in [3.8, 4) is 11.5 Å². The molecule has 0 bridgehead atoms. The quantitative estimate of drug-likeness (QED) is 0.808. The van der Waals surface area contributed by atoms with E-state index in [2.05, 4.69) is 21.2 Å². The van der Waals surface area contributed by atoms with Crippen molar-refractivity contribution in [1.82, 2.24) is 5.32 Å². The van der Waals surface area contributed by atoms with Crippen LogP contribution in [0.2, 0.25) is 0 Å². The minimum absolute atomic E-state index is 0.302. The molecule has 0 spiro atoms. The van der Waals surface area contributed by atoms with Gasteiger partial charge in [0.25, 0.3) is 0 Å². The molecule has 1 heterocycles. The average Bonchev–Trinajstić information content (AvgIpc) is 2.60. The standard InChI is InChI=1S/C18H15BrFNO3/c19-14-5-6-15(20)12(10-14)4-7-17(22)21-11-13-2-1-3-16-18(13)24-9-8-23-16/h1-7,10H,8-9,11H2,(H,21,22)/b7-4+. The number of carbonyl (C=O) groups is 1. The fourth-order valence-electron chi connectivity index (χ4n) is 2.32. The summed E-state index contributed by atoms with van der Waals surface area (Å²) in [5.41, 5.74) is 1.18. The lowest BCUT2D eigenvalue weighted by Crippen LogP contribution is -2.22. The van der Waals surface area contributed by atoms with Crippen LogP contribution in [0.15, 0.2) is 46.9 Å². The van der Waals surface area contributed by atoms with Crippen molar-refractivity contribution in [3.05, 3.63) is 63.9 Å². The number of ether oxygens (including phenoxy) is 2. The Bertz CT molecular complexity index is 792. The summed E-state index contributed by atoms with van der Waals surface area (Å²) in [5.74, 6) is 0.638. The fourth-order valence-corrected chi connectivity index (χ4v) is 2.70. The zero-order valence-corrected chi connectivity index (χ0v) is 14.3. The van der Waals surface area contributed by atoms with Crippen LogP contribution in [-0.4, -0.2) is 19.1 Å². The van der Waals surface area contributed by atoms with E-state index in [1.165, 1.54) is 18.2 Å². The number of hydrogen-bond acceptors (Lipinski definition) is 3. The summed E-state index contributed by atoms with van der Waals surface area (Å²) in [6.45, 7) is 1.31. The Morgan fingerprint density at radius 2 is 2.08 bits per heavy atom. The summed E-state index contributed by atoms with van der Waals surface area (Å²) in [6.07, 6.45) is 2.74. The second-order valence-corrected chi connectivity index (χ2v) is 6.07. The van der Waals surface area contributed by atoms with Gasteiger partial charge in [-0.05, 0) is 30.3 Å². The van der Waals surface area contributed by atoms with Gasteiger partial charge in [0.15, 0.2) is 11.5 Å². The first-order valence-corrected chi connectivity index (χ1v) is 8.21. The van der Waals surface area contributed by atoms with Crippen molar-refractivity contribution in [2.24, 2.45) is 0 Å². The number of halogens is 2. The van der Waals surface area contributed by atoms with E-state index in [4.69, 9.17) is 9.47 Å². The van der Waals surface area contributed by atoms with Crippen LogP contribution in [0.3, 0.4) is 0 Å². The molecule has 0 unspecified atom stereocenters. The number of nitrogens with one attached hydrogen (secondary N) is 1. The van der Waals surface area contributed by atoms with E-state index in [1.807, 2.05) is 18.2 Å². The van der Waals surface area contributed by atoms with E-state index >= 15 is 0 Å². The Kier molecular flexibility index (Phi) is 5.15. The molecular weight excluding hydrogens is 377 g/mol. The number of fused-ring (bicyclic) bond motifs is 1. The molecule has 0 atom stereocenters. The Morgan fingerprint density at radius 1 is 1.25 bits per heavy atom. The highest BCUT2D eigenvalue weighted by molar-refractivity contribution is 9.10. The lowest BCUT2D eigenvalue weighted by molar-refractivity contribution is -0.116. The first kappa shape index (κ1) is 16.5. The molecule has 1 N–H and O–H groups in total. The third-order valence-corrected chi connectivity index (χ3v) is 3.97. The zero-order valence-electron chi connectivity index (χ0n) is 12.7. The van der Waals surface area contributed by atoms with E-state index in [-0.39, 0.29) is 11.7 Å². The maximum absolute atomic E-state index is 13.6. The van der Waals surface area contributed by atoms with Crippen LogP contribution in [-0.2, 0) is 11.3 Å². The molecule has 24 heavy (non-hydrogen) atoms. The molecule has 0 aromatic heterocycles. The highest BCUT2D eigenvalue weighted by Gasteiger charge is 2.15. The third kappa shape index (κ3) is 3.94. The summed E-state index contributed by atoms with van der Waals surface area (Å²) >= 11 is 3.27. The number of para-hydroxylation sites is 1. The highest BCUT2D eigenvalue weighted by atomic mass is 79.9.